The number of nitrogens with zero attached hydrogens (tertiary/aromatic N) is 2. The second-order valence-electron chi connectivity index (χ2n) is 6.95. The Morgan fingerprint density at radius 3 is 2.59 bits per heavy atom. The van der Waals surface area contributed by atoms with Gasteiger partial charge in [0.15, 0.2) is 0 Å². The zero-order valence-electron chi connectivity index (χ0n) is 15.9. The van der Waals surface area contributed by atoms with Gasteiger partial charge in [-0.05, 0) is 42.2 Å². The van der Waals surface area contributed by atoms with Crippen LogP contribution in [0.3, 0.4) is 0 Å². The average molecular weight is 387 g/mol. The Balaban J connectivity index is 1.80. The van der Waals surface area contributed by atoms with E-state index in [1.54, 1.807) is 30.1 Å². The first-order valence-electron chi connectivity index (χ1n) is 9.36. The van der Waals surface area contributed by atoms with Gasteiger partial charge in [-0.1, -0.05) is 43.7 Å². The van der Waals surface area contributed by atoms with E-state index in [0.717, 1.165) is 24.8 Å². The first-order chi connectivity index (χ1) is 12.9. The molecular formula is C21H26N2O3S. The quantitative estimate of drug-likeness (QED) is 0.765. The molecule has 0 unspecified atom stereocenters. The van der Waals surface area contributed by atoms with Crippen LogP contribution in [0.2, 0.25) is 0 Å². The molecule has 1 amide bonds. The van der Waals surface area contributed by atoms with E-state index < -0.39 is 10.0 Å². The Hall–Kier alpha value is -2.18. The van der Waals surface area contributed by atoms with Crippen molar-refractivity contribution in [2.24, 2.45) is 0 Å². The summed E-state index contributed by atoms with van der Waals surface area (Å²) in [5, 5.41) is 0. The molecule has 0 atom stereocenters. The third-order valence-corrected chi connectivity index (χ3v) is 6.89. The van der Waals surface area contributed by atoms with Gasteiger partial charge in [-0.15, -0.1) is 0 Å². The molecule has 0 N–H and O–H groups in total. The summed E-state index contributed by atoms with van der Waals surface area (Å²) >= 11 is 0. The van der Waals surface area contributed by atoms with Crippen LogP contribution in [0, 0.1) is 0 Å². The average Bonchev–Trinajstić information content (AvgIpc) is 2.71. The van der Waals surface area contributed by atoms with E-state index in [0.29, 0.717) is 25.2 Å². The van der Waals surface area contributed by atoms with Crippen molar-refractivity contribution in [3.63, 3.8) is 0 Å². The molecule has 1 aliphatic heterocycles. The smallest absolute Gasteiger partial charge is 0.254 e. The van der Waals surface area contributed by atoms with Crippen LogP contribution in [-0.2, 0) is 23.0 Å². The molecule has 3 rings (SSSR count). The third-order valence-electron chi connectivity index (χ3n) is 5.03. The molecule has 2 aromatic rings. The molecule has 0 spiro atoms. The maximum absolute atomic E-state index is 12.9. The summed E-state index contributed by atoms with van der Waals surface area (Å²) < 4.78 is 26.9. The molecule has 0 bridgehead atoms. The lowest BCUT2D eigenvalue weighted by molar-refractivity contribution is 0.0734. The standard InChI is InChI=1S/C21H26N2O3S/c1-3-4-13-22(2)27(25,26)20-11-7-10-18(15-20)21(24)23-14-12-17-8-5-6-9-19(17)16-23/h5-11,15H,3-4,12-14,16H2,1-2H3. The van der Waals surface area contributed by atoms with Crippen LogP contribution >= 0.6 is 0 Å². The Morgan fingerprint density at radius 2 is 1.85 bits per heavy atom. The van der Waals surface area contributed by atoms with Crippen LogP contribution in [0.15, 0.2) is 53.4 Å². The normalized spacial score (nSPS) is 14.3. The van der Waals surface area contributed by atoms with Crippen molar-refractivity contribution >= 4 is 15.9 Å². The molecule has 5 nitrogen and oxygen atoms in total. The van der Waals surface area contributed by atoms with Crippen LogP contribution < -0.4 is 0 Å². The molecule has 2 aromatic carbocycles. The van der Waals surface area contributed by atoms with E-state index >= 15 is 0 Å². The van der Waals surface area contributed by atoms with E-state index in [-0.39, 0.29) is 10.8 Å². The second kappa shape index (κ2) is 8.23. The van der Waals surface area contributed by atoms with E-state index in [9.17, 15) is 13.2 Å². The third kappa shape index (κ3) is 4.22. The molecule has 0 fully saturated rings. The second-order valence-corrected chi connectivity index (χ2v) is 9.00. The fourth-order valence-corrected chi connectivity index (χ4v) is 4.58. The Morgan fingerprint density at radius 1 is 1.11 bits per heavy atom. The minimum atomic E-state index is -3.58. The maximum atomic E-state index is 12.9. The van der Waals surface area contributed by atoms with E-state index in [1.807, 2.05) is 25.1 Å². The zero-order chi connectivity index (χ0) is 19.4. The number of sulfonamides is 1. The number of amides is 1. The van der Waals surface area contributed by atoms with Gasteiger partial charge in [-0.3, -0.25) is 4.79 Å². The molecule has 6 heteroatoms. The summed E-state index contributed by atoms with van der Waals surface area (Å²) in [7, 11) is -2.00. The van der Waals surface area contributed by atoms with Gasteiger partial charge in [0.25, 0.3) is 5.91 Å². The highest BCUT2D eigenvalue weighted by Crippen LogP contribution is 2.22. The fourth-order valence-electron chi connectivity index (χ4n) is 3.32. The minimum absolute atomic E-state index is 0.127. The van der Waals surface area contributed by atoms with Crippen molar-refractivity contribution in [3.05, 3.63) is 65.2 Å². The number of benzene rings is 2. The minimum Gasteiger partial charge on any atom is -0.334 e. The van der Waals surface area contributed by atoms with Crippen LogP contribution in [0.5, 0.6) is 0 Å². The van der Waals surface area contributed by atoms with Gasteiger partial charge in [-0.25, -0.2) is 12.7 Å². The lowest BCUT2D eigenvalue weighted by Gasteiger charge is -2.29. The van der Waals surface area contributed by atoms with Gasteiger partial charge in [0.1, 0.15) is 0 Å². The van der Waals surface area contributed by atoms with Crippen LogP contribution in [0.4, 0.5) is 0 Å². The predicted octanol–water partition coefficient (Wildman–Crippen LogP) is 3.31. The molecule has 0 saturated carbocycles. The lowest BCUT2D eigenvalue weighted by Crippen LogP contribution is -2.36. The van der Waals surface area contributed by atoms with Gasteiger partial charge < -0.3 is 4.90 Å². The molecule has 0 radical (unpaired) electrons. The van der Waals surface area contributed by atoms with Crippen molar-refractivity contribution < 1.29 is 13.2 Å². The Labute approximate surface area is 161 Å². The van der Waals surface area contributed by atoms with E-state index in [4.69, 9.17) is 0 Å². The summed E-state index contributed by atoms with van der Waals surface area (Å²) in [6, 6.07) is 14.5. The maximum Gasteiger partial charge on any atom is 0.254 e. The van der Waals surface area contributed by atoms with Crippen molar-refractivity contribution in [3.8, 4) is 0 Å². The van der Waals surface area contributed by atoms with Crippen LogP contribution in [-0.4, -0.2) is 43.7 Å². The van der Waals surface area contributed by atoms with Crippen LogP contribution in [0.25, 0.3) is 0 Å². The molecule has 1 aliphatic rings. The Bertz CT molecular complexity index is 925. The number of rotatable bonds is 6. The number of hydrogen-bond donors (Lipinski definition) is 0. The first-order valence-corrected chi connectivity index (χ1v) is 10.8. The summed E-state index contributed by atoms with van der Waals surface area (Å²) in [5.41, 5.74) is 2.84. The van der Waals surface area contributed by atoms with E-state index in [1.165, 1.54) is 15.9 Å². The number of fused-ring (bicyclic) bond motifs is 1. The summed E-state index contributed by atoms with van der Waals surface area (Å²) in [6.07, 6.45) is 2.55. The van der Waals surface area contributed by atoms with Gasteiger partial charge in [-0.2, -0.15) is 0 Å². The molecule has 0 saturated heterocycles. The van der Waals surface area contributed by atoms with Gasteiger partial charge in [0, 0.05) is 32.2 Å². The molecule has 144 valence electrons. The largest absolute Gasteiger partial charge is 0.334 e. The SMILES string of the molecule is CCCCN(C)S(=O)(=O)c1cccc(C(=O)N2CCc3ccccc3C2)c1. The van der Waals surface area contributed by atoms with Gasteiger partial charge >= 0.3 is 0 Å². The highest BCUT2D eigenvalue weighted by molar-refractivity contribution is 7.89. The molecule has 0 aliphatic carbocycles. The van der Waals surface area contributed by atoms with Crippen LogP contribution in [0.1, 0.15) is 41.3 Å². The Kier molecular flexibility index (Phi) is 5.97. The highest BCUT2D eigenvalue weighted by Gasteiger charge is 2.24. The number of unbranched alkanes of at least 4 members (excludes halogenated alkanes) is 1. The zero-order valence-corrected chi connectivity index (χ0v) is 16.7. The summed E-state index contributed by atoms with van der Waals surface area (Å²) in [4.78, 5) is 14.9. The predicted molar refractivity (Wildman–Crippen MR) is 106 cm³/mol. The van der Waals surface area contributed by atoms with Crippen molar-refractivity contribution in [1.82, 2.24) is 9.21 Å². The van der Waals surface area contributed by atoms with Crippen molar-refractivity contribution in [2.75, 3.05) is 20.1 Å². The number of hydrogen-bond acceptors (Lipinski definition) is 3. The monoisotopic (exact) mass is 386 g/mol. The number of carbonyl (C=O) groups excluding carboxylic acids is 1. The molecular weight excluding hydrogens is 360 g/mol. The number of carbonyl (C=O) groups is 1. The summed E-state index contributed by atoms with van der Waals surface area (Å²) in [6.45, 7) is 3.70. The topological polar surface area (TPSA) is 57.7 Å². The highest BCUT2D eigenvalue weighted by atomic mass is 32.2. The van der Waals surface area contributed by atoms with Gasteiger partial charge in [0.05, 0.1) is 4.90 Å². The van der Waals surface area contributed by atoms with Gasteiger partial charge in [0.2, 0.25) is 10.0 Å². The summed E-state index contributed by atoms with van der Waals surface area (Å²) in [5.74, 6) is -0.127. The molecule has 27 heavy (non-hydrogen) atoms. The van der Waals surface area contributed by atoms with Crippen molar-refractivity contribution in [2.45, 2.75) is 37.6 Å². The van der Waals surface area contributed by atoms with E-state index in [2.05, 4.69) is 6.07 Å². The fraction of sp³-hybridized carbons (Fsp3) is 0.381. The van der Waals surface area contributed by atoms with Crippen molar-refractivity contribution in [1.29, 1.82) is 0 Å². The first kappa shape index (κ1) is 19.6. The lowest BCUT2D eigenvalue weighted by atomic mass is 9.99. The molecule has 0 aromatic heterocycles. The molecule has 1 heterocycles.